The average Bonchev–Trinajstić information content (AvgIpc) is 2.80. The number of pyridine rings is 2. The van der Waals surface area contributed by atoms with Gasteiger partial charge in [0.2, 0.25) is 0 Å². The van der Waals surface area contributed by atoms with Gasteiger partial charge in [-0.05, 0) is 63.6 Å². The van der Waals surface area contributed by atoms with Crippen LogP contribution in [-0.2, 0) is 0 Å². The predicted molar refractivity (Wildman–Crippen MR) is 131 cm³/mol. The molecule has 164 valence electrons. The molecule has 2 aromatic heterocycles. The summed E-state index contributed by atoms with van der Waals surface area (Å²) in [5.41, 5.74) is 4.63. The standard InChI is InChI=1S/C28H24N2O3/c1-16-15-24(32-22-9-5-7-20-13-11-17(2)29-25(20)22)28(19(4)27(16)31)33-23-10-6-8-21-14-12-18(3)30-26(21)23/h5-15,31H,1-4H3. The second-order valence-electron chi connectivity index (χ2n) is 8.26. The molecule has 5 rings (SSSR count). The third-order valence-corrected chi connectivity index (χ3v) is 5.72. The van der Waals surface area contributed by atoms with E-state index in [1.165, 1.54) is 0 Å². The van der Waals surface area contributed by atoms with Gasteiger partial charge in [0.15, 0.2) is 23.0 Å². The lowest BCUT2D eigenvalue weighted by Gasteiger charge is -2.18. The highest BCUT2D eigenvalue weighted by molar-refractivity contribution is 5.86. The van der Waals surface area contributed by atoms with E-state index in [0.717, 1.165) is 33.2 Å². The maximum absolute atomic E-state index is 10.7. The Morgan fingerprint density at radius 2 is 1.18 bits per heavy atom. The summed E-state index contributed by atoms with van der Waals surface area (Å²) >= 11 is 0. The Bertz CT molecular complexity index is 1530. The Labute approximate surface area is 192 Å². The third-order valence-electron chi connectivity index (χ3n) is 5.72. The monoisotopic (exact) mass is 436 g/mol. The minimum atomic E-state index is 0.175. The molecule has 0 amide bonds. The van der Waals surface area contributed by atoms with Gasteiger partial charge < -0.3 is 14.6 Å². The number of phenolic OH excluding ortho intramolecular Hbond substituents is 1. The summed E-state index contributed by atoms with van der Waals surface area (Å²) in [7, 11) is 0. The number of para-hydroxylation sites is 2. The van der Waals surface area contributed by atoms with E-state index in [2.05, 4.69) is 9.97 Å². The fraction of sp³-hybridized carbons (Fsp3) is 0.143. The Hall–Kier alpha value is -4.12. The lowest BCUT2D eigenvalue weighted by Crippen LogP contribution is -1.97. The minimum Gasteiger partial charge on any atom is -0.507 e. The van der Waals surface area contributed by atoms with Gasteiger partial charge in [0, 0.05) is 27.7 Å². The van der Waals surface area contributed by atoms with Crippen molar-refractivity contribution >= 4 is 21.8 Å². The summed E-state index contributed by atoms with van der Waals surface area (Å²) in [6, 6.07) is 21.4. The van der Waals surface area contributed by atoms with Crippen LogP contribution in [0.15, 0.2) is 66.7 Å². The highest BCUT2D eigenvalue weighted by Crippen LogP contribution is 2.45. The van der Waals surface area contributed by atoms with Crippen molar-refractivity contribution in [1.82, 2.24) is 9.97 Å². The topological polar surface area (TPSA) is 64.5 Å². The molecule has 5 aromatic rings. The Morgan fingerprint density at radius 1 is 0.636 bits per heavy atom. The van der Waals surface area contributed by atoms with E-state index in [4.69, 9.17) is 9.47 Å². The largest absolute Gasteiger partial charge is 0.507 e. The van der Waals surface area contributed by atoms with Crippen molar-refractivity contribution in [2.75, 3.05) is 0 Å². The maximum atomic E-state index is 10.7. The molecule has 0 atom stereocenters. The normalized spacial score (nSPS) is 11.2. The average molecular weight is 437 g/mol. The van der Waals surface area contributed by atoms with E-state index < -0.39 is 0 Å². The molecule has 2 heterocycles. The lowest BCUT2D eigenvalue weighted by molar-refractivity contribution is 0.408. The zero-order valence-electron chi connectivity index (χ0n) is 19.0. The summed E-state index contributed by atoms with van der Waals surface area (Å²) in [5.74, 6) is 2.34. The van der Waals surface area contributed by atoms with Crippen LogP contribution in [0.2, 0.25) is 0 Å². The molecule has 0 bridgehead atoms. The fourth-order valence-corrected chi connectivity index (χ4v) is 3.95. The van der Waals surface area contributed by atoms with E-state index in [9.17, 15) is 5.11 Å². The predicted octanol–water partition coefficient (Wildman–Crippen LogP) is 7.31. The van der Waals surface area contributed by atoms with Gasteiger partial charge in [0.25, 0.3) is 0 Å². The number of rotatable bonds is 4. The molecule has 0 radical (unpaired) electrons. The van der Waals surface area contributed by atoms with Gasteiger partial charge in [-0.1, -0.05) is 36.4 Å². The molecule has 0 saturated heterocycles. The van der Waals surface area contributed by atoms with Crippen molar-refractivity contribution in [3.63, 3.8) is 0 Å². The van der Waals surface area contributed by atoms with Crippen LogP contribution in [0.25, 0.3) is 21.8 Å². The van der Waals surface area contributed by atoms with E-state index in [1.54, 1.807) is 6.07 Å². The van der Waals surface area contributed by atoms with Gasteiger partial charge in [-0.25, -0.2) is 9.97 Å². The van der Waals surface area contributed by atoms with Crippen molar-refractivity contribution in [2.45, 2.75) is 27.7 Å². The number of benzene rings is 3. The molecule has 3 aromatic carbocycles. The van der Waals surface area contributed by atoms with E-state index in [-0.39, 0.29) is 5.75 Å². The molecule has 5 nitrogen and oxygen atoms in total. The first-order valence-corrected chi connectivity index (χ1v) is 10.8. The number of ether oxygens (including phenoxy) is 2. The Balaban J connectivity index is 1.65. The first-order valence-electron chi connectivity index (χ1n) is 10.8. The fourth-order valence-electron chi connectivity index (χ4n) is 3.95. The van der Waals surface area contributed by atoms with Crippen LogP contribution < -0.4 is 9.47 Å². The van der Waals surface area contributed by atoms with Gasteiger partial charge in [0.05, 0.1) is 0 Å². The second kappa shape index (κ2) is 8.10. The van der Waals surface area contributed by atoms with Crippen LogP contribution in [0.4, 0.5) is 0 Å². The minimum absolute atomic E-state index is 0.175. The molecule has 0 fully saturated rings. The van der Waals surface area contributed by atoms with Crippen LogP contribution in [0.3, 0.4) is 0 Å². The van der Waals surface area contributed by atoms with Gasteiger partial charge in [-0.15, -0.1) is 0 Å². The first-order chi connectivity index (χ1) is 15.9. The number of aromatic nitrogens is 2. The van der Waals surface area contributed by atoms with Crippen LogP contribution in [-0.4, -0.2) is 15.1 Å². The molecule has 1 N–H and O–H groups in total. The summed E-state index contributed by atoms with van der Waals surface area (Å²) < 4.78 is 12.8. The second-order valence-corrected chi connectivity index (χ2v) is 8.26. The molecule has 0 saturated carbocycles. The molecule has 0 spiro atoms. The maximum Gasteiger partial charge on any atom is 0.176 e. The SMILES string of the molecule is Cc1ccc2cccc(Oc3cc(C)c(O)c(C)c3Oc3cccc4ccc(C)nc34)c2n1. The van der Waals surface area contributed by atoms with Gasteiger partial charge in [0.1, 0.15) is 16.8 Å². The van der Waals surface area contributed by atoms with Crippen molar-refractivity contribution < 1.29 is 14.6 Å². The summed E-state index contributed by atoms with van der Waals surface area (Å²) in [5, 5.41) is 12.6. The highest BCUT2D eigenvalue weighted by atomic mass is 16.5. The lowest BCUT2D eigenvalue weighted by atomic mass is 10.1. The molecule has 5 heteroatoms. The first kappa shape index (κ1) is 20.8. The highest BCUT2D eigenvalue weighted by Gasteiger charge is 2.19. The summed E-state index contributed by atoms with van der Waals surface area (Å²) in [6.07, 6.45) is 0. The Morgan fingerprint density at radius 3 is 1.76 bits per heavy atom. The van der Waals surface area contributed by atoms with Gasteiger partial charge >= 0.3 is 0 Å². The number of hydrogen-bond donors (Lipinski definition) is 1. The van der Waals surface area contributed by atoms with Crippen molar-refractivity contribution in [1.29, 1.82) is 0 Å². The number of aromatic hydroxyl groups is 1. The third kappa shape index (κ3) is 3.82. The number of nitrogens with zero attached hydrogens (tertiary/aromatic N) is 2. The molecule has 33 heavy (non-hydrogen) atoms. The van der Waals surface area contributed by atoms with Crippen LogP contribution >= 0.6 is 0 Å². The quantitative estimate of drug-likeness (QED) is 0.320. The van der Waals surface area contributed by atoms with E-state index in [0.29, 0.717) is 34.1 Å². The van der Waals surface area contributed by atoms with E-state index >= 15 is 0 Å². The van der Waals surface area contributed by atoms with Gasteiger partial charge in [-0.3, -0.25) is 0 Å². The molecular formula is C28H24N2O3. The zero-order valence-corrected chi connectivity index (χ0v) is 19.0. The smallest absolute Gasteiger partial charge is 0.176 e. The molecular weight excluding hydrogens is 412 g/mol. The Kier molecular flexibility index (Phi) is 5.09. The molecule has 0 aliphatic heterocycles. The number of hydrogen-bond acceptors (Lipinski definition) is 5. The number of fused-ring (bicyclic) bond motifs is 2. The number of phenols is 1. The van der Waals surface area contributed by atoms with Crippen LogP contribution in [0.1, 0.15) is 22.5 Å². The molecule has 0 aliphatic rings. The van der Waals surface area contributed by atoms with Crippen LogP contribution in [0.5, 0.6) is 28.7 Å². The molecule has 0 unspecified atom stereocenters. The number of aryl methyl sites for hydroxylation is 3. The van der Waals surface area contributed by atoms with Crippen molar-refractivity contribution in [3.8, 4) is 28.7 Å². The summed E-state index contributed by atoms with van der Waals surface area (Å²) in [6.45, 7) is 7.56. The molecule has 0 aliphatic carbocycles. The van der Waals surface area contributed by atoms with Crippen molar-refractivity contribution in [2.24, 2.45) is 0 Å². The van der Waals surface area contributed by atoms with E-state index in [1.807, 2.05) is 88.4 Å². The van der Waals surface area contributed by atoms with Gasteiger partial charge in [-0.2, -0.15) is 0 Å². The summed E-state index contributed by atoms with van der Waals surface area (Å²) in [4.78, 5) is 9.34. The van der Waals surface area contributed by atoms with Crippen LogP contribution in [0, 0.1) is 27.7 Å². The van der Waals surface area contributed by atoms with Crippen molar-refractivity contribution in [3.05, 3.63) is 89.2 Å². The zero-order chi connectivity index (χ0) is 23.1.